The Morgan fingerprint density at radius 3 is 2.56 bits per heavy atom. The summed E-state index contributed by atoms with van der Waals surface area (Å²) in [4.78, 5) is 18.1. The van der Waals surface area contributed by atoms with Crippen molar-refractivity contribution < 1.29 is 19.1 Å². The van der Waals surface area contributed by atoms with Gasteiger partial charge in [0.1, 0.15) is 5.76 Å². The van der Waals surface area contributed by atoms with E-state index >= 15 is 0 Å². The minimum atomic E-state index is -1.07. The maximum atomic E-state index is 11.1. The number of carboxylic acids is 1. The quantitative estimate of drug-likeness (QED) is 0.454. The third-order valence-corrected chi connectivity index (χ3v) is 5.60. The third kappa shape index (κ3) is 4.15. The number of furan rings is 1. The molecule has 32 heavy (non-hydrogen) atoms. The third-order valence-electron chi connectivity index (χ3n) is 5.60. The number of aliphatic imine (C=N–C) groups is 1. The second-order valence-corrected chi connectivity index (χ2v) is 7.67. The molecule has 0 radical (unpaired) electrons. The summed E-state index contributed by atoms with van der Waals surface area (Å²) in [5.41, 5.74) is 4.09. The van der Waals surface area contributed by atoms with E-state index in [1.165, 1.54) is 11.8 Å². The van der Waals surface area contributed by atoms with Gasteiger partial charge in [0.25, 0.3) is 0 Å². The van der Waals surface area contributed by atoms with E-state index in [-0.39, 0.29) is 5.76 Å². The number of hydrogen-bond donors (Lipinski definition) is 1. The second kappa shape index (κ2) is 8.72. The van der Waals surface area contributed by atoms with Gasteiger partial charge in [-0.25, -0.2) is 4.79 Å². The normalized spacial score (nSPS) is 14.4. The lowest BCUT2D eigenvalue weighted by Gasteiger charge is -2.28. The predicted octanol–water partition coefficient (Wildman–Crippen LogP) is 4.57. The van der Waals surface area contributed by atoms with Crippen LogP contribution >= 0.6 is 0 Å². The second-order valence-electron chi connectivity index (χ2n) is 7.67. The first kappa shape index (κ1) is 20.1. The average molecular weight is 429 g/mol. The van der Waals surface area contributed by atoms with Crippen molar-refractivity contribution in [3.05, 3.63) is 83.9 Å². The van der Waals surface area contributed by atoms with Gasteiger partial charge in [0.2, 0.25) is 5.76 Å². The lowest BCUT2D eigenvalue weighted by molar-refractivity contribution is 0.0660. The van der Waals surface area contributed by atoms with Crippen molar-refractivity contribution in [3.63, 3.8) is 0 Å². The average Bonchev–Trinajstić information content (AvgIpc) is 3.44. The van der Waals surface area contributed by atoms with Gasteiger partial charge < -0.3 is 23.7 Å². The maximum Gasteiger partial charge on any atom is 0.371 e. The number of aromatic nitrogens is 1. The molecule has 0 aliphatic carbocycles. The number of fused-ring (bicyclic) bond motifs is 1. The van der Waals surface area contributed by atoms with Gasteiger partial charge in [0, 0.05) is 47.7 Å². The molecule has 5 rings (SSSR count). The topological polar surface area (TPSA) is 80.2 Å². The van der Waals surface area contributed by atoms with E-state index in [1.54, 1.807) is 6.07 Å². The Kier molecular flexibility index (Phi) is 5.47. The number of morpholine rings is 1. The molecule has 4 aromatic rings. The molecule has 0 bridgehead atoms. The summed E-state index contributed by atoms with van der Waals surface area (Å²) in [7, 11) is 0. The fourth-order valence-corrected chi connectivity index (χ4v) is 3.97. The molecule has 0 unspecified atom stereocenters. The Morgan fingerprint density at radius 2 is 1.81 bits per heavy atom. The van der Waals surface area contributed by atoms with E-state index in [4.69, 9.17) is 14.3 Å². The first-order valence-corrected chi connectivity index (χ1v) is 10.5. The lowest BCUT2D eigenvalue weighted by atomic mass is 10.2. The van der Waals surface area contributed by atoms with Gasteiger partial charge >= 0.3 is 5.97 Å². The molecule has 7 nitrogen and oxygen atoms in total. The van der Waals surface area contributed by atoms with Crippen molar-refractivity contribution in [2.75, 3.05) is 31.2 Å². The minimum absolute atomic E-state index is 0.0567. The Morgan fingerprint density at radius 1 is 1.03 bits per heavy atom. The number of aromatic carboxylic acids is 1. The van der Waals surface area contributed by atoms with Gasteiger partial charge in [-0.2, -0.15) is 0 Å². The monoisotopic (exact) mass is 429 g/mol. The zero-order chi connectivity index (χ0) is 21.9. The molecular weight excluding hydrogens is 406 g/mol. The first-order chi connectivity index (χ1) is 15.7. The van der Waals surface area contributed by atoms with Crippen molar-refractivity contribution >= 4 is 34.5 Å². The smallest absolute Gasteiger partial charge is 0.371 e. The van der Waals surface area contributed by atoms with E-state index in [0.29, 0.717) is 12.3 Å². The van der Waals surface area contributed by atoms with Crippen LogP contribution in [0, 0.1) is 0 Å². The largest absolute Gasteiger partial charge is 0.475 e. The summed E-state index contributed by atoms with van der Waals surface area (Å²) in [6.07, 6.45) is 3.88. The highest BCUT2D eigenvalue weighted by atomic mass is 16.5. The standard InChI is InChI=1S/C25H23N3O4/c29-25(30)24-10-9-21(32-24)17-28-16-18(22-3-1-2-4-23(22)28)15-26-19-5-7-20(8-6-19)27-11-13-31-14-12-27/h1-10,15-16H,11-14,17H2,(H,29,30). The summed E-state index contributed by atoms with van der Waals surface area (Å²) in [6, 6.07) is 19.5. The number of ether oxygens (including phenoxy) is 1. The molecular formula is C25H23N3O4. The van der Waals surface area contributed by atoms with Crippen molar-refractivity contribution in [3.8, 4) is 0 Å². The van der Waals surface area contributed by atoms with Crippen molar-refractivity contribution in [2.24, 2.45) is 4.99 Å². The van der Waals surface area contributed by atoms with Crippen LogP contribution in [0.2, 0.25) is 0 Å². The lowest BCUT2D eigenvalue weighted by Crippen LogP contribution is -2.36. The van der Waals surface area contributed by atoms with Crippen LogP contribution in [0.5, 0.6) is 0 Å². The molecule has 2 aromatic heterocycles. The van der Waals surface area contributed by atoms with E-state index < -0.39 is 5.97 Å². The fourth-order valence-electron chi connectivity index (χ4n) is 3.97. The van der Waals surface area contributed by atoms with Crippen molar-refractivity contribution in [2.45, 2.75) is 6.54 Å². The minimum Gasteiger partial charge on any atom is -0.475 e. The highest BCUT2D eigenvalue weighted by Crippen LogP contribution is 2.24. The van der Waals surface area contributed by atoms with Crippen LogP contribution < -0.4 is 4.90 Å². The molecule has 0 atom stereocenters. The number of carbonyl (C=O) groups is 1. The Balaban J connectivity index is 1.38. The molecule has 1 aliphatic rings. The van der Waals surface area contributed by atoms with Crippen LogP contribution in [0.15, 0.2) is 76.3 Å². The molecule has 1 saturated heterocycles. The molecule has 0 amide bonds. The molecule has 1 aliphatic heterocycles. The summed E-state index contributed by atoms with van der Waals surface area (Å²) in [5, 5.41) is 10.2. The van der Waals surface area contributed by atoms with Crippen molar-refractivity contribution in [1.29, 1.82) is 0 Å². The first-order valence-electron chi connectivity index (χ1n) is 10.5. The van der Waals surface area contributed by atoms with E-state index in [9.17, 15) is 4.79 Å². The molecule has 2 aromatic carbocycles. The highest BCUT2D eigenvalue weighted by Gasteiger charge is 2.13. The van der Waals surface area contributed by atoms with E-state index in [0.717, 1.165) is 48.5 Å². The van der Waals surface area contributed by atoms with Gasteiger partial charge in [-0.1, -0.05) is 18.2 Å². The van der Waals surface area contributed by atoms with E-state index in [1.807, 2.05) is 47.3 Å². The zero-order valence-corrected chi connectivity index (χ0v) is 17.5. The summed E-state index contributed by atoms with van der Waals surface area (Å²) in [6.45, 7) is 3.78. The molecule has 7 heteroatoms. The van der Waals surface area contributed by atoms with Crippen LogP contribution in [0.3, 0.4) is 0 Å². The number of para-hydroxylation sites is 1. The Labute approximate surface area is 185 Å². The summed E-state index contributed by atoms with van der Waals surface area (Å²) in [5.74, 6) is -0.537. The van der Waals surface area contributed by atoms with Gasteiger partial charge in [-0.15, -0.1) is 0 Å². The molecule has 0 saturated carbocycles. The van der Waals surface area contributed by atoms with Gasteiger partial charge in [0.05, 0.1) is 25.4 Å². The number of anilines is 1. The number of rotatable bonds is 6. The molecule has 3 heterocycles. The SMILES string of the molecule is O=C(O)c1ccc(Cn2cc(C=Nc3ccc(N4CCOCC4)cc3)c3ccccc32)o1. The van der Waals surface area contributed by atoms with Crippen molar-refractivity contribution in [1.82, 2.24) is 4.57 Å². The summed E-state index contributed by atoms with van der Waals surface area (Å²) < 4.78 is 12.9. The number of hydrogen-bond acceptors (Lipinski definition) is 5. The number of benzene rings is 2. The van der Waals surface area contributed by atoms with Crippen LogP contribution in [0.25, 0.3) is 10.9 Å². The number of nitrogens with zero attached hydrogens (tertiary/aromatic N) is 3. The van der Waals surface area contributed by atoms with E-state index in [2.05, 4.69) is 28.1 Å². The molecule has 1 N–H and O–H groups in total. The predicted molar refractivity (Wildman–Crippen MR) is 123 cm³/mol. The number of carboxylic acid groups (broad SMARTS) is 1. The van der Waals surface area contributed by atoms with Gasteiger partial charge in [-0.05, 0) is 42.5 Å². The van der Waals surface area contributed by atoms with Gasteiger partial charge in [-0.3, -0.25) is 4.99 Å². The highest BCUT2D eigenvalue weighted by molar-refractivity contribution is 6.00. The summed E-state index contributed by atoms with van der Waals surface area (Å²) >= 11 is 0. The molecule has 162 valence electrons. The van der Waals surface area contributed by atoms with Crippen LogP contribution in [0.1, 0.15) is 21.9 Å². The Bertz CT molecular complexity index is 1260. The van der Waals surface area contributed by atoms with Crippen LogP contribution in [-0.2, 0) is 11.3 Å². The van der Waals surface area contributed by atoms with Crippen LogP contribution in [0.4, 0.5) is 11.4 Å². The zero-order valence-electron chi connectivity index (χ0n) is 17.5. The Hall–Kier alpha value is -3.84. The fraction of sp³-hybridized carbons (Fsp3) is 0.200. The van der Waals surface area contributed by atoms with Gasteiger partial charge in [0.15, 0.2) is 0 Å². The van der Waals surface area contributed by atoms with Crippen LogP contribution in [-0.4, -0.2) is 48.2 Å². The maximum absolute atomic E-state index is 11.1. The molecule has 1 fully saturated rings. The molecule has 0 spiro atoms.